The van der Waals surface area contributed by atoms with Gasteiger partial charge in [-0.2, -0.15) is 0 Å². The smallest absolute Gasteiger partial charge is 0.410 e. The first-order chi connectivity index (χ1) is 10.8. The molecule has 1 saturated heterocycles. The first-order valence-corrected chi connectivity index (χ1v) is 8.29. The molecule has 1 aromatic rings. The van der Waals surface area contributed by atoms with Crippen molar-refractivity contribution in [1.82, 2.24) is 10.2 Å². The number of rotatable bonds is 5. The number of hydrogen-bond donors (Lipinski definition) is 1. The molecule has 0 atom stereocenters. The number of nitrogens with zero attached hydrogens (tertiary/aromatic N) is 1. The third-order valence-electron chi connectivity index (χ3n) is 3.44. The summed E-state index contributed by atoms with van der Waals surface area (Å²) < 4.78 is 10.9. The van der Waals surface area contributed by atoms with Gasteiger partial charge in [-0.05, 0) is 45.9 Å². The molecule has 0 unspecified atom stereocenters. The molecule has 1 aliphatic rings. The van der Waals surface area contributed by atoms with E-state index in [9.17, 15) is 4.79 Å². The lowest BCUT2D eigenvalue weighted by atomic mass is 10.1. The number of carbonyl (C=O) groups is 1. The summed E-state index contributed by atoms with van der Waals surface area (Å²) in [5.41, 5.74) is 0.568. The first-order valence-electron chi connectivity index (χ1n) is 7.91. The van der Waals surface area contributed by atoms with E-state index in [0.717, 1.165) is 11.3 Å². The van der Waals surface area contributed by atoms with Gasteiger partial charge in [0.2, 0.25) is 0 Å². The fourth-order valence-electron chi connectivity index (χ4n) is 2.32. The Balaban J connectivity index is 1.81. The largest absolute Gasteiger partial charge is 0.494 e. The molecule has 1 heterocycles. The molecular weight excluding hydrogens is 316 g/mol. The average Bonchev–Trinajstić information content (AvgIpc) is 2.38. The first kappa shape index (κ1) is 17.9. The van der Waals surface area contributed by atoms with Crippen molar-refractivity contribution in [3.05, 3.63) is 28.8 Å². The van der Waals surface area contributed by atoms with Crippen LogP contribution < -0.4 is 10.1 Å². The lowest BCUT2D eigenvalue weighted by Gasteiger charge is -2.40. The van der Waals surface area contributed by atoms with Gasteiger partial charge in [-0.3, -0.25) is 0 Å². The highest BCUT2D eigenvalue weighted by Gasteiger charge is 2.33. The van der Waals surface area contributed by atoms with Crippen molar-refractivity contribution in [1.29, 1.82) is 0 Å². The lowest BCUT2D eigenvalue weighted by Crippen LogP contribution is -2.60. The zero-order valence-electron chi connectivity index (χ0n) is 14.2. The summed E-state index contributed by atoms with van der Waals surface area (Å²) in [5, 5.41) is 4.11. The van der Waals surface area contributed by atoms with Crippen LogP contribution in [0.2, 0.25) is 5.02 Å². The molecule has 128 valence electrons. The fraction of sp³-hybridized carbons (Fsp3) is 0.588. The third kappa shape index (κ3) is 5.29. The van der Waals surface area contributed by atoms with Crippen molar-refractivity contribution in [2.24, 2.45) is 0 Å². The number of ether oxygens (including phenoxy) is 2. The summed E-state index contributed by atoms with van der Waals surface area (Å²) >= 11 is 6.05. The van der Waals surface area contributed by atoms with Crippen molar-refractivity contribution in [2.45, 2.75) is 45.9 Å². The van der Waals surface area contributed by atoms with E-state index >= 15 is 0 Å². The van der Waals surface area contributed by atoms with Crippen LogP contribution in [-0.2, 0) is 11.3 Å². The van der Waals surface area contributed by atoms with Gasteiger partial charge < -0.3 is 19.7 Å². The summed E-state index contributed by atoms with van der Waals surface area (Å²) in [5.74, 6) is 0.840. The minimum atomic E-state index is -0.456. The lowest BCUT2D eigenvalue weighted by molar-refractivity contribution is 0.00516. The maximum atomic E-state index is 11.9. The molecule has 0 bridgehead atoms. The second-order valence-electron chi connectivity index (χ2n) is 6.65. The van der Waals surface area contributed by atoms with E-state index in [-0.39, 0.29) is 12.1 Å². The van der Waals surface area contributed by atoms with Gasteiger partial charge in [-0.25, -0.2) is 4.79 Å². The highest BCUT2D eigenvalue weighted by atomic mass is 35.5. The Hall–Kier alpha value is -1.46. The van der Waals surface area contributed by atoms with Crippen LogP contribution in [0.3, 0.4) is 0 Å². The third-order valence-corrected chi connectivity index (χ3v) is 3.67. The van der Waals surface area contributed by atoms with Crippen molar-refractivity contribution in [3.63, 3.8) is 0 Å². The van der Waals surface area contributed by atoms with Gasteiger partial charge in [0.05, 0.1) is 6.61 Å². The maximum Gasteiger partial charge on any atom is 0.410 e. The molecule has 1 aliphatic heterocycles. The van der Waals surface area contributed by atoms with Crippen molar-refractivity contribution in [2.75, 3.05) is 19.7 Å². The summed E-state index contributed by atoms with van der Waals surface area (Å²) in [7, 11) is 0. The van der Waals surface area contributed by atoms with Crippen LogP contribution in [0.25, 0.3) is 0 Å². The Morgan fingerprint density at radius 2 is 2.09 bits per heavy atom. The minimum Gasteiger partial charge on any atom is -0.494 e. The Morgan fingerprint density at radius 1 is 1.39 bits per heavy atom. The minimum absolute atomic E-state index is 0.256. The molecule has 0 spiro atoms. The quantitative estimate of drug-likeness (QED) is 0.892. The van der Waals surface area contributed by atoms with Crippen LogP contribution in [0.4, 0.5) is 4.79 Å². The topological polar surface area (TPSA) is 50.8 Å². The van der Waals surface area contributed by atoms with Crippen molar-refractivity contribution in [3.8, 4) is 5.75 Å². The number of halogens is 1. The zero-order chi connectivity index (χ0) is 17.0. The second kappa shape index (κ2) is 7.41. The summed E-state index contributed by atoms with van der Waals surface area (Å²) in [6.07, 6.45) is -0.256. The molecule has 1 aromatic carbocycles. The molecular formula is C17H25ClN2O3. The van der Waals surface area contributed by atoms with Crippen LogP contribution in [0, 0.1) is 0 Å². The average molecular weight is 341 g/mol. The van der Waals surface area contributed by atoms with Gasteiger partial charge in [-0.15, -0.1) is 0 Å². The fourth-order valence-corrected chi connectivity index (χ4v) is 2.51. The molecule has 1 N–H and O–H groups in total. The zero-order valence-corrected chi connectivity index (χ0v) is 14.9. The molecule has 0 aromatic heterocycles. The van der Waals surface area contributed by atoms with E-state index < -0.39 is 5.60 Å². The van der Waals surface area contributed by atoms with Gasteiger partial charge in [0, 0.05) is 36.3 Å². The number of carbonyl (C=O) groups excluding carboxylic acids is 1. The van der Waals surface area contributed by atoms with Gasteiger partial charge in [0.15, 0.2) is 0 Å². The monoisotopic (exact) mass is 340 g/mol. The molecule has 0 saturated carbocycles. The number of benzene rings is 1. The van der Waals surface area contributed by atoms with Crippen LogP contribution in [0.15, 0.2) is 18.2 Å². The number of likely N-dealkylation sites (tertiary alicyclic amines) is 1. The van der Waals surface area contributed by atoms with Gasteiger partial charge >= 0.3 is 6.09 Å². The molecule has 0 aliphatic carbocycles. The number of amides is 1. The molecule has 1 fully saturated rings. The molecule has 1 amide bonds. The highest BCUT2D eigenvalue weighted by molar-refractivity contribution is 6.30. The molecule has 2 rings (SSSR count). The Morgan fingerprint density at radius 3 is 2.70 bits per heavy atom. The summed E-state index contributed by atoms with van der Waals surface area (Å²) in [4.78, 5) is 13.6. The van der Waals surface area contributed by atoms with Crippen molar-refractivity contribution >= 4 is 17.7 Å². The van der Waals surface area contributed by atoms with Gasteiger partial charge in [0.1, 0.15) is 11.4 Å². The SMILES string of the molecule is CCOc1ccc(Cl)cc1CNC1CN(C(=O)OC(C)(C)C)C1. The van der Waals surface area contributed by atoms with E-state index in [2.05, 4.69) is 5.32 Å². The predicted octanol–water partition coefficient (Wildman–Crippen LogP) is 3.45. The molecule has 0 radical (unpaired) electrons. The summed E-state index contributed by atoms with van der Waals surface area (Å²) in [6.45, 7) is 10.1. The second-order valence-corrected chi connectivity index (χ2v) is 7.08. The number of nitrogens with one attached hydrogen (secondary N) is 1. The predicted molar refractivity (Wildman–Crippen MR) is 91.1 cm³/mol. The van der Waals surface area contributed by atoms with Crippen LogP contribution in [-0.4, -0.2) is 42.3 Å². The van der Waals surface area contributed by atoms with Crippen LogP contribution >= 0.6 is 11.6 Å². The Labute approximate surface area is 142 Å². The van der Waals surface area contributed by atoms with Gasteiger partial charge in [-0.1, -0.05) is 11.6 Å². The van der Waals surface area contributed by atoms with E-state index in [1.54, 1.807) is 4.90 Å². The molecule has 23 heavy (non-hydrogen) atoms. The molecule has 5 nitrogen and oxygen atoms in total. The van der Waals surface area contributed by atoms with Crippen LogP contribution in [0.1, 0.15) is 33.3 Å². The number of hydrogen-bond acceptors (Lipinski definition) is 4. The van der Waals surface area contributed by atoms with Crippen LogP contribution in [0.5, 0.6) is 5.75 Å². The van der Waals surface area contributed by atoms with E-state index in [0.29, 0.717) is 31.3 Å². The summed E-state index contributed by atoms with van der Waals surface area (Å²) in [6, 6.07) is 5.88. The van der Waals surface area contributed by atoms with Crippen molar-refractivity contribution < 1.29 is 14.3 Å². The van der Waals surface area contributed by atoms with E-state index in [1.807, 2.05) is 45.9 Å². The van der Waals surface area contributed by atoms with Gasteiger partial charge in [0.25, 0.3) is 0 Å². The normalized spacial score (nSPS) is 15.3. The van der Waals surface area contributed by atoms with E-state index in [4.69, 9.17) is 21.1 Å². The highest BCUT2D eigenvalue weighted by Crippen LogP contribution is 2.23. The molecule has 6 heteroatoms. The van der Waals surface area contributed by atoms with E-state index in [1.165, 1.54) is 0 Å². The maximum absolute atomic E-state index is 11.9. The standard InChI is InChI=1S/C17H25ClN2O3/c1-5-22-15-7-6-13(18)8-12(15)9-19-14-10-20(11-14)16(21)23-17(2,3)4/h6-8,14,19H,5,9-11H2,1-4H3. The Bertz CT molecular complexity index is 551. The Kier molecular flexibility index (Phi) is 5.76.